The van der Waals surface area contributed by atoms with Crippen LogP contribution in [0.4, 0.5) is 0 Å². The van der Waals surface area contributed by atoms with Gasteiger partial charge >= 0.3 is 0 Å². The summed E-state index contributed by atoms with van der Waals surface area (Å²) < 4.78 is 5.09. The molecule has 0 aliphatic carbocycles. The minimum absolute atomic E-state index is 0.172. The Hall–Kier alpha value is -1.06. The third kappa shape index (κ3) is 2.57. The van der Waals surface area contributed by atoms with Gasteiger partial charge in [0.25, 0.3) is 0 Å². The van der Waals surface area contributed by atoms with Gasteiger partial charge in [-0.2, -0.15) is 0 Å². The van der Waals surface area contributed by atoms with Crippen LogP contribution in [0.2, 0.25) is 0 Å². The zero-order valence-electron chi connectivity index (χ0n) is 6.10. The fourth-order valence-corrected chi connectivity index (χ4v) is 0.711. The van der Waals surface area contributed by atoms with Gasteiger partial charge in [0, 0.05) is 0 Å². The molecule has 0 aliphatic rings. The van der Waals surface area contributed by atoms with Crippen LogP contribution in [0.1, 0.15) is 0 Å². The molecule has 11 heavy (non-hydrogen) atoms. The molecular weight excluding hydrogens is 142 g/mol. The molecule has 0 aromatic heterocycles. The van der Waals surface area contributed by atoms with Crippen molar-refractivity contribution in [3.05, 3.63) is 30.3 Å². The molecule has 0 bridgehead atoms. The minimum Gasteiger partial charge on any atom is -0.473 e. The van der Waals surface area contributed by atoms with Crippen LogP contribution in [0.5, 0.6) is 5.75 Å². The molecule has 0 amide bonds. The van der Waals surface area contributed by atoms with E-state index in [0.29, 0.717) is 5.75 Å². The highest BCUT2D eigenvalue weighted by atomic mass is 16.5. The van der Waals surface area contributed by atoms with Gasteiger partial charge in [0.05, 0.1) is 6.61 Å². The lowest BCUT2D eigenvalue weighted by molar-refractivity contribution is 0.121. The smallest absolute Gasteiger partial charge is 0.170 e. The SMILES string of the molecule is NC(CO)Oc1ccccc1. The summed E-state index contributed by atoms with van der Waals surface area (Å²) >= 11 is 0. The number of ether oxygens (including phenoxy) is 1. The van der Waals surface area contributed by atoms with E-state index in [1.165, 1.54) is 0 Å². The molecule has 0 saturated heterocycles. The highest BCUT2D eigenvalue weighted by Gasteiger charge is 1.99. The standard InChI is InChI=1S/C8H11NO2/c9-8(6-10)11-7-4-2-1-3-5-7/h1-5,8,10H,6,9H2. The molecule has 0 saturated carbocycles. The molecule has 1 rings (SSSR count). The Bertz CT molecular complexity index is 201. The summed E-state index contributed by atoms with van der Waals surface area (Å²) in [6.45, 7) is -0.172. The van der Waals surface area contributed by atoms with E-state index in [0.717, 1.165) is 0 Å². The molecule has 1 aromatic rings. The first-order valence-electron chi connectivity index (χ1n) is 3.41. The Kier molecular flexibility index (Phi) is 2.89. The van der Waals surface area contributed by atoms with Crippen LogP contribution in [-0.4, -0.2) is 17.9 Å². The molecule has 3 heteroatoms. The molecule has 0 fully saturated rings. The Balaban J connectivity index is 2.51. The normalized spacial score (nSPS) is 12.5. The molecule has 3 nitrogen and oxygen atoms in total. The van der Waals surface area contributed by atoms with Gasteiger partial charge < -0.3 is 9.84 Å². The number of hydrogen-bond acceptors (Lipinski definition) is 3. The number of rotatable bonds is 3. The minimum atomic E-state index is -0.627. The van der Waals surface area contributed by atoms with Gasteiger partial charge in [-0.15, -0.1) is 0 Å². The maximum absolute atomic E-state index is 8.55. The van der Waals surface area contributed by atoms with E-state index >= 15 is 0 Å². The van der Waals surface area contributed by atoms with Gasteiger partial charge in [0.1, 0.15) is 5.75 Å². The number of benzene rings is 1. The quantitative estimate of drug-likeness (QED) is 0.616. The lowest BCUT2D eigenvalue weighted by atomic mass is 10.3. The lowest BCUT2D eigenvalue weighted by Gasteiger charge is -2.10. The monoisotopic (exact) mass is 153 g/mol. The van der Waals surface area contributed by atoms with E-state index in [9.17, 15) is 0 Å². The third-order valence-corrected chi connectivity index (χ3v) is 1.21. The zero-order chi connectivity index (χ0) is 8.10. The van der Waals surface area contributed by atoms with E-state index in [1.54, 1.807) is 12.1 Å². The Morgan fingerprint density at radius 1 is 1.36 bits per heavy atom. The van der Waals surface area contributed by atoms with E-state index in [-0.39, 0.29) is 6.61 Å². The summed E-state index contributed by atoms with van der Waals surface area (Å²) in [6.07, 6.45) is -0.627. The van der Waals surface area contributed by atoms with Crippen LogP contribution in [0, 0.1) is 0 Å². The van der Waals surface area contributed by atoms with Gasteiger partial charge in [-0.25, -0.2) is 0 Å². The first kappa shape index (κ1) is 8.04. The number of nitrogens with two attached hydrogens (primary N) is 1. The number of aliphatic hydroxyl groups is 1. The van der Waals surface area contributed by atoms with Crippen molar-refractivity contribution in [1.29, 1.82) is 0 Å². The van der Waals surface area contributed by atoms with Crippen molar-refractivity contribution >= 4 is 0 Å². The van der Waals surface area contributed by atoms with Crippen molar-refractivity contribution in [3.63, 3.8) is 0 Å². The van der Waals surface area contributed by atoms with E-state index < -0.39 is 6.23 Å². The lowest BCUT2D eigenvalue weighted by Crippen LogP contribution is -2.30. The Morgan fingerprint density at radius 2 is 2.00 bits per heavy atom. The maximum Gasteiger partial charge on any atom is 0.170 e. The van der Waals surface area contributed by atoms with Crippen molar-refractivity contribution in [3.8, 4) is 5.75 Å². The second kappa shape index (κ2) is 3.95. The van der Waals surface area contributed by atoms with Crippen molar-refractivity contribution in [1.82, 2.24) is 0 Å². The molecule has 0 aliphatic heterocycles. The van der Waals surface area contributed by atoms with Crippen LogP contribution < -0.4 is 10.5 Å². The van der Waals surface area contributed by atoms with Crippen LogP contribution in [0.15, 0.2) is 30.3 Å². The topological polar surface area (TPSA) is 55.5 Å². The third-order valence-electron chi connectivity index (χ3n) is 1.21. The second-order valence-corrected chi connectivity index (χ2v) is 2.15. The van der Waals surface area contributed by atoms with Crippen molar-refractivity contribution < 1.29 is 9.84 Å². The first-order valence-corrected chi connectivity index (χ1v) is 3.41. The van der Waals surface area contributed by atoms with Crippen LogP contribution in [-0.2, 0) is 0 Å². The van der Waals surface area contributed by atoms with Gasteiger partial charge in [0.2, 0.25) is 0 Å². The molecule has 1 unspecified atom stereocenters. The predicted octanol–water partition coefficient (Wildman–Crippen LogP) is 0.342. The largest absolute Gasteiger partial charge is 0.473 e. The van der Waals surface area contributed by atoms with Crippen LogP contribution in [0.25, 0.3) is 0 Å². The summed E-state index contributed by atoms with van der Waals surface area (Å²) in [5, 5.41) is 8.55. The van der Waals surface area contributed by atoms with Crippen molar-refractivity contribution in [2.75, 3.05) is 6.61 Å². The highest BCUT2D eigenvalue weighted by Crippen LogP contribution is 2.08. The maximum atomic E-state index is 8.55. The van der Waals surface area contributed by atoms with E-state index in [2.05, 4.69) is 0 Å². The molecule has 60 valence electrons. The molecule has 0 radical (unpaired) electrons. The summed E-state index contributed by atoms with van der Waals surface area (Å²) in [5.41, 5.74) is 5.33. The van der Waals surface area contributed by atoms with Gasteiger partial charge in [0.15, 0.2) is 6.23 Å². The average molecular weight is 153 g/mol. The number of hydrogen-bond donors (Lipinski definition) is 2. The summed E-state index contributed by atoms with van der Waals surface area (Å²) in [7, 11) is 0. The summed E-state index contributed by atoms with van der Waals surface area (Å²) in [6, 6.07) is 9.15. The van der Waals surface area contributed by atoms with E-state index in [4.69, 9.17) is 15.6 Å². The molecular formula is C8H11NO2. The zero-order valence-corrected chi connectivity index (χ0v) is 6.10. The predicted molar refractivity (Wildman–Crippen MR) is 42.1 cm³/mol. The second-order valence-electron chi connectivity index (χ2n) is 2.15. The molecule has 3 N–H and O–H groups in total. The fourth-order valence-electron chi connectivity index (χ4n) is 0.711. The fraction of sp³-hybridized carbons (Fsp3) is 0.250. The van der Waals surface area contributed by atoms with Gasteiger partial charge in [-0.3, -0.25) is 5.73 Å². The number of para-hydroxylation sites is 1. The molecule has 0 heterocycles. The number of aliphatic hydroxyl groups excluding tert-OH is 1. The van der Waals surface area contributed by atoms with Crippen LogP contribution >= 0.6 is 0 Å². The molecule has 1 aromatic carbocycles. The Labute approximate surface area is 65.4 Å². The molecule has 0 spiro atoms. The summed E-state index contributed by atoms with van der Waals surface area (Å²) in [4.78, 5) is 0. The van der Waals surface area contributed by atoms with Gasteiger partial charge in [-0.05, 0) is 12.1 Å². The molecule has 1 atom stereocenters. The van der Waals surface area contributed by atoms with Crippen molar-refractivity contribution in [2.45, 2.75) is 6.23 Å². The average Bonchev–Trinajstić information content (AvgIpc) is 2.06. The first-order chi connectivity index (χ1) is 5.33. The van der Waals surface area contributed by atoms with Gasteiger partial charge in [-0.1, -0.05) is 18.2 Å². The van der Waals surface area contributed by atoms with Crippen molar-refractivity contribution in [2.24, 2.45) is 5.73 Å². The highest BCUT2D eigenvalue weighted by molar-refractivity contribution is 5.21. The summed E-state index contributed by atoms with van der Waals surface area (Å²) in [5.74, 6) is 0.675. The van der Waals surface area contributed by atoms with E-state index in [1.807, 2.05) is 18.2 Å². The Morgan fingerprint density at radius 3 is 2.55 bits per heavy atom. The van der Waals surface area contributed by atoms with Crippen LogP contribution in [0.3, 0.4) is 0 Å².